The van der Waals surface area contributed by atoms with E-state index >= 15 is 0 Å². The van der Waals surface area contributed by atoms with Gasteiger partial charge in [0.25, 0.3) is 0 Å². The zero-order valence-corrected chi connectivity index (χ0v) is 18.8. The standard InChI is InChI=1S/C23H31BrFN3O/c1-28(2)11-10-26-14-17-8-9-18-21(15-6-4-3-5-7-15)27-22-19(23(18)29-17)12-16(24)13-20(22)25/h3-6,12-13,15,17-18,21,23,26-27H,7-11,14H2,1-2H3/t15?,17-,18+,21+,23+/m1/s1. The molecule has 4 nitrogen and oxygen atoms in total. The number of anilines is 1. The summed E-state index contributed by atoms with van der Waals surface area (Å²) in [5, 5.41) is 7.08. The van der Waals surface area contributed by atoms with E-state index in [-0.39, 0.29) is 24.1 Å². The molecule has 1 fully saturated rings. The van der Waals surface area contributed by atoms with Crippen LogP contribution in [0.5, 0.6) is 0 Å². The van der Waals surface area contributed by atoms with Gasteiger partial charge >= 0.3 is 0 Å². The van der Waals surface area contributed by atoms with Crippen molar-refractivity contribution in [1.29, 1.82) is 0 Å². The van der Waals surface area contributed by atoms with E-state index in [0.717, 1.165) is 48.9 Å². The lowest BCUT2D eigenvalue weighted by atomic mass is 9.73. The van der Waals surface area contributed by atoms with Crippen LogP contribution in [0.3, 0.4) is 0 Å². The zero-order valence-electron chi connectivity index (χ0n) is 17.2. The third-order valence-corrected chi connectivity index (χ3v) is 6.75. The first-order chi connectivity index (χ1) is 14.0. The Labute approximate surface area is 181 Å². The highest BCUT2D eigenvalue weighted by atomic mass is 79.9. The Bertz CT molecular complexity index is 782. The maximum absolute atomic E-state index is 14.9. The maximum Gasteiger partial charge on any atom is 0.147 e. The summed E-state index contributed by atoms with van der Waals surface area (Å²) >= 11 is 3.47. The number of rotatable bonds is 6. The van der Waals surface area contributed by atoms with Gasteiger partial charge in [0.1, 0.15) is 5.82 Å². The number of fused-ring (bicyclic) bond motifs is 3. The Morgan fingerprint density at radius 3 is 2.90 bits per heavy atom. The molecule has 4 rings (SSSR count). The number of nitrogens with zero attached hydrogens (tertiary/aromatic N) is 1. The molecule has 3 aliphatic rings. The van der Waals surface area contributed by atoms with Crippen LogP contribution in [0.1, 0.15) is 30.9 Å². The Hall–Kier alpha value is -1.21. The van der Waals surface area contributed by atoms with Crippen LogP contribution in [0.15, 0.2) is 40.9 Å². The summed E-state index contributed by atoms with van der Waals surface area (Å²) in [6, 6.07) is 3.76. The molecule has 0 radical (unpaired) electrons. The molecule has 5 atom stereocenters. The second kappa shape index (κ2) is 9.29. The Morgan fingerprint density at radius 2 is 2.14 bits per heavy atom. The average molecular weight is 464 g/mol. The smallest absolute Gasteiger partial charge is 0.147 e. The highest BCUT2D eigenvalue weighted by molar-refractivity contribution is 9.10. The second-order valence-corrected chi connectivity index (χ2v) is 9.58. The van der Waals surface area contributed by atoms with Crippen LogP contribution in [0.25, 0.3) is 0 Å². The zero-order chi connectivity index (χ0) is 20.4. The van der Waals surface area contributed by atoms with Gasteiger partial charge in [-0.2, -0.15) is 0 Å². The second-order valence-electron chi connectivity index (χ2n) is 8.66. The third-order valence-electron chi connectivity index (χ3n) is 6.30. The van der Waals surface area contributed by atoms with Gasteiger partial charge in [0.05, 0.1) is 17.9 Å². The van der Waals surface area contributed by atoms with E-state index in [1.165, 1.54) is 0 Å². The van der Waals surface area contributed by atoms with Crippen molar-refractivity contribution < 1.29 is 9.13 Å². The van der Waals surface area contributed by atoms with Crippen LogP contribution in [-0.2, 0) is 4.74 Å². The molecule has 2 N–H and O–H groups in total. The lowest BCUT2D eigenvalue weighted by Gasteiger charge is -2.47. The fourth-order valence-electron chi connectivity index (χ4n) is 4.83. The number of halogens is 2. The number of likely N-dealkylation sites (N-methyl/N-ethyl adjacent to an activating group) is 1. The molecule has 1 saturated heterocycles. The molecule has 1 unspecified atom stereocenters. The molecule has 1 aromatic carbocycles. The third kappa shape index (κ3) is 4.76. The summed E-state index contributed by atoms with van der Waals surface area (Å²) < 4.78 is 22.2. The fourth-order valence-corrected chi connectivity index (χ4v) is 5.28. The highest BCUT2D eigenvalue weighted by Gasteiger charge is 2.44. The Morgan fingerprint density at radius 1 is 1.28 bits per heavy atom. The SMILES string of the molecule is CN(C)CCNC[C@H]1CC[C@@H]2[C@H](O1)c1cc(Br)cc(F)c1N[C@H]2C1C=CC=CC1. The van der Waals surface area contributed by atoms with Crippen molar-refractivity contribution in [3.63, 3.8) is 0 Å². The minimum absolute atomic E-state index is 0.0723. The van der Waals surface area contributed by atoms with Gasteiger partial charge in [0.15, 0.2) is 0 Å². The highest BCUT2D eigenvalue weighted by Crippen LogP contribution is 2.49. The van der Waals surface area contributed by atoms with Crippen LogP contribution in [0.4, 0.5) is 10.1 Å². The predicted molar refractivity (Wildman–Crippen MR) is 120 cm³/mol. The van der Waals surface area contributed by atoms with Gasteiger partial charge in [0, 0.05) is 47.5 Å². The van der Waals surface area contributed by atoms with E-state index in [4.69, 9.17) is 4.74 Å². The lowest BCUT2D eigenvalue weighted by Crippen LogP contribution is -2.48. The Balaban J connectivity index is 1.54. The molecule has 1 aromatic rings. The van der Waals surface area contributed by atoms with Crippen molar-refractivity contribution in [2.75, 3.05) is 39.0 Å². The lowest BCUT2D eigenvalue weighted by molar-refractivity contribution is -0.0941. The first-order valence-electron chi connectivity index (χ1n) is 10.6. The molecule has 0 saturated carbocycles. The number of nitrogens with one attached hydrogen (secondary N) is 2. The minimum Gasteiger partial charge on any atom is -0.379 e. The molecule has 1 aliphatic carbocycles. The number of hydrogen-bond donors (Lipinski definition) is 2. The van der Waals surface area contributed by atoms with Gasteiger partial charge < -0.3 is 20.3 Å². The van der Waals surface area contributed by atoms with Gasteiger partial charge in [-0.15, -0.1) is 0 Å². The minimum atomic E-state index is -0.206. The molecule has 2 aliphatic heterocycles. The summed E-state index contributed by atoms with van der Waals surface area (Å²) in [7, 11) is 4.16. The summed E-state index contributed by atoms with van der Waals surface area (Å²) in [6.45, 7) is 2.79. The molecule has 158 valence electrons. The van der Waals surface area contributed by atoms with Gasteiger partial charge in [0.2, 0.25) is 0 Å². The van der Waals surface area contributed by atoms with E-state index in [0.29, 0.717) is 17.5 Å². The van der Waals surface area contributed by atoms with Crippen molar-refractivity contribution in [2.45, 2.75) is 37.5 Å². The van der Waals surface area contributed by atoms with Gasteiger partial charge in [-0.3, -0.25) is 0 Å². The molecule has 0 spiro atoms. The molecular formula is C23H31BrFN3O. The summed E-state index contributed by atoms with van der Waals surface area (Å²) in [5.41, 5.74) is 1.56. The van der Waals surface area contributed by atoms with Crippen LogP contribution in [0, 0.1) is 17.7 Å². The molecular weight excluding hydrogens is 433 g/mol. The summed E-state index contributed by atoms with van der Waals surface area (Å²) in [6.07, 6.45) is 11.9. The monoisotopic (exact) mass is 463 g/mol. The average Bonchev–Trinajstić information content (AvgIpc) is 2.71. The van der Waals surface area contributed by atoms with Crippen molar-refractivity contribution in [3.8, 4) is 0 Å². The van der Waals surface area contributed by atoms with Crippen molar-refractivity contribution in [2.24, 2.45) is 11.8 Å². The van der Waals surface area contributed by atoms with E-state index < -0.39 is 0 Å². The van der Waals surface area contributed by atoms with Gasteiger partial charge in [-0.25, -0.2) is 4.39 Å². The number of allylic oxidation sites excluding steroid dienone is 3. The summed E-state index contributed by atoms with van der Waals surface area (Å²) in [4.78, 5) is 2.17. The first-order valence-corrected chi connectivity index (χ1v) is 11.4. The van der Waals surface area contributed by atoms with Crippen molar-refractivity contribution >= 4 is 21.6 Å². The van der Waals surface area contributed by atoms with Gasteiger partial charge in [-0.1, -0.05) is 40.2 Å². The predicted octanol–water partition coefficient (Wildman–Crippen LogP) is 4.50. The Kier molecular flexibility index (Phi) is 6.74. The van der Waals surface area contributed by atoms with Crippen LogP contribution in [0.2, 0.25) is 0 Å². The maximum atomic E-state index is 14.9. The molecule has 29 heavy (non-hydrogen) atoms. The van der Waals surface area contributed by atoms with E-state index in [1.807, 2.05) is 6.07 Å². The molecule has 0 aromatic heterocycles. The van der Waals surface area contributed by atoms with Crippen LogP contribution >= 0.6 is 15.9 Å². The van der Waals surface area contributed by atoms with E-state index in [1.54, 1.807) is 6.07 Å². The molecule has 0 amide bonds. The summed E-state index contributed by atoms with van der Waals surface area (Å²) in [5.74, 6) is 0.500. The first kappa shape index (κ1) is 21.0. The normalized spacial score (nSPS) is 30.7. The quantitative estimate of drug-likeness (QED) is 0.608. The topological polar surface area (TPSA) is 36.5 Å². The molecule has 0 bridgehead atoms. The van der Waals surface area contributed by atoms with Gasteiger partial charge in [-0.05, 0) is 45.5 Å². The van der Waals surface area contributed by atoms with E-state index in [2.05, 4.69) is 69.9 Å². The largest absolute Gasteiger partial charge is 0.379 e. The number of ether oxygens (including phenoxy) is 1. The van der Waals surface area contributed by atoms with Crippen LogP contribution < -0.4 is 10.6 Å². The van der Waals surface area contributed by atoms with Crippen molar-refractivity contribution in [1.82, 2.24) is 10.2 Å². The number of benzene rings is 1. The number of hydrogen-bond acceptors (Lipinski definition) is 4. The fraction of sp³-hybridized carbons (Fsp3) is 0.565. The van der Waals surface area contributed by atoms with Crippen LogP contribution in [-0.4, -0.2) is 50.8 Å². The van der Waals surface area contributed by atoms with E-state index in [9.17, 15) is 4.39 Å². The van der Waals surface area contributed by atoms with Crippen molar-refractivity contribution in [3.05, 3.63) is 52.3 Å². The molecule has 2 heterocycles. The molecule has 6 heteroatoms.